The summed E-state index contributed by atoms with van der Waals surface area (Å²) in [5.74, 6) is 0.783. The summed E-state index contributed by atoms with van der Waals surface area (Å²) in [5, 5.41) is 12.6. The predicted molar refractivity (Wildman–Crippen MR) is 268 cm³/mol. The summed E-state index contributed by atoms with van der Waals surface area (Å²) in [6.07, 6.45) is 6.56. The van der Waals surface area contributed by atoms with Crippen LogP contribution in [-0.4, -0.2) is 10.3 Å². The van der Waals surface area contributed by atoms with E-state index in [0.717, 1.165) is 22.7 Å². The van der Waals surface area contributed by atoms with E-state index in [1.165, 1.54) is 97.9 Å². The fraction of sp³-hybridized carbons (Fsp3) is 0.0169. The van der Waals surface area contributed by atoms with Crippen LogP contribution in [-0.2, 0) is 0 Å². The van der Waals surface area contributed by atoms with E-state index in [1.54, 1.807) is 0 Å². The quantitative estimate of drug-likeness (QED) is 0.160. The molecule has 0 spiro atoms. The van der Waals surface area contributed by atoms with E-state index >= 15 is 0 Å². The van der Waals surface area contributed by atoms with Gasteiger partial charge in [0.2, 0.25) is 0 Å². The minimum absolute atomic E-state index is 0.783. The number of thioether (sulfide) groups is 1. The van der Waals surface area contributed by atoms with Gasteiger partial charge in [0.15, 0.2) is 0 Å². The Labute approximate surface area is 365 Å². The molecule has 292 valence electrons. The zero-order valence-electron chi connectivity index (χ0n) is 34.0. The van der Waals surface area contributed by atoms with Crippen LogP contribution in [0.5, 0.6) is 0 Å². The first-order valence-corrected chi connectivity index (χ1v) is 22.2. The van der Waals surface area contributed by atoms with Crippen LogP contribution < -0.4 is 4.90 Å². The third kappa shape index (κ3) is 6.04. The summed E-state index contributed by atoms with van der Waals surface area (Å²) in [4.78, 5) is 3.68. The van der Waals surface area contributed by atoms with Gasteiger partial charge in [0.25, 0.3) is 0 Å². The lowest BCUT2D eigenvalue weighted by atomic mass is 9.94. The zero-order valence-corrected chi connectivity index (χ0v) is 34.8. The van der Waals surface area contributed by atoms with Crippen molar-refractivity contribution in [2.24, 2.45) is 0 Å². The van der Waals surface area contributed by atoms with Gasteiger partial charge in [-0.15, -0.1) is 11.8 Å². The second kappa shape index (κ2) is 14.8. The maximum absolute atomic E-state index is 4.43. The molecule has 12 rings (SSSR count). The molecule has 0 bridgehead atoms. The fourth-order valence-electron chi connectivity index (χ4n) is 9.63. The topological polar surface area (TPSA) is 8.17 Å². The molecule has 0 saturated carbocycles. The second-order valence-corrected chi connectivity index (χ2v) is 17.2. The molecular weight excluding hydrogens is 769 g/mol. The molecule has 3 heteroatoms. The smallest absolute Gasteiger partial charge is 0.0541 e. The van der Waals surface area contributed by atoms with Gasteiger partial charge in [-0.1, -0.05) is 158 Å². The SMILES string of the molecule is C=C1/C=C\C=C(\N(c2ccc(-c3ccc4c(c3)c3ccccc3n4-c3ccc4ccccc4c3)cc2)c2ccc3c4ccccc4c4ccccc4c3c2)CSc2ccccc21. The van der Waals surface area contributed by atoms with Crippen molar-refractivity contribution >= 4 is 93.6 Å². The summed E-state index contributed by atoms with van der Waals surface area (Å²) in [6, 6.07) is 73.5. The third-order valence-corrected chi connectivity index (χ3v) is 13.7. The third-order valence-electron chi connectivity index (χ3n) is 12.6. The Bertz CT molecular complexity index is 3630. The van der Waals surface area contributed by atoms with Crippen molar-refractivity contribution in [3.63, 3.8) is 0 Å². The monoisotopic (exact) mass is 808 g/mol. The number of allylic oxidation sites excluding steroid dienone is 4. The molecule has 0 saturated heterocycles. The summed E-state index contributed by atoms with van der Waals surface area (Å²) in [6.45, 7) is 4.43. The molecule has 0 aliphatic carbocycles. The van der Waals surface area contributed by atoms with Gasteiger partial charge in [-0.05, 0) is 132 Å². The lowest BCUT2D eigenvalue weighted by Gasteiger charge is -2.29. The number of anilines is 2. The summed E-state index contributed by atoms with van der Waals surface area (Å²) < 4.78 is 2.41. The molecule has 0 radical (unpaired) electrons. The minimum Gasteiger partial charge on any atom is -0.313 e. The first kappa shape index (κ1) is 36.3. The number of aromatic nitrogens is 1. The van der Waals surface area contributed by atoms with Crippen LogP contribution >= 0.6 is 11.8 Å². The standard InChI is InChI=1S/C59H40N2S/c1-39-13-12-16-47(38-62-59-24-11-9-17-48(39)59)60(46-32-33-53-51-20-5-4-18-49(51)50-19-6-7-21-52(50)55(53)37-46)44-29-25-41(26-30-44)43-28-34-58-56(36-43)54-22-8-10-23-57(54)61(58)45-31-27-40-14-2-3-15-42(40)35-45/h2-37H,1,38H2/b13-12-,47-16+. The predicted octanol–water partition coefficient (Wildman–Crippen LogP) is 16.5. The van der Waals surface area contributed by atoms with Crippen LogP contribution in [0.4, 0.5) is 11.4 Å². The van der Waals surface area contributed by atoms with E-state index in [1.807, 2.05) is 11.8 Å². The van der Waals surface area contributed by atoms with E-state index in [9.17, 15) is 0 Å². The van der Waals surface area contributed by atoms with Gasteiger partial charge in [0, 0.05) is 44.2 Å². The van der Waals surface area contributed by atoms with E-state index in [-0.39, 0.29) is 0 Å². The van der Waals surface area contributed by atoms with Crippen LogP contribution in [0.15, 0.2) is 236 Å². The van der Waals surface area contributed by atoms with E-state index < -0.39 is 0 Å². The number of nitrogens with zero attached hydrogens (tertiary/aromatic N) is 2. The normalized spacial score (nSPS) is 14.5. The van der Waals surface area contributed by atoms with Crippen molar-refractivity contribution in [1.82, 2.24) is 4.57 Å². The van der Waals surface area contributed by atoms with E-state index in [2.05, 4.69) is 234 Å². The largest absolute Gasteiger partial charge is 0.313 e. The van der Waals surface area contributed by atoms with Gasteiger partial charge in [-0.3, -0.25) is 0 Å². The lowest BCUT2D eigenvalue weighted by molar-refractivity contribution is 1.17. The van der Waals surface area contributed by atoms with Crippen molar-refractivity contribution < 1.29 is 0 Å². The highest BCUT2D eigenvalue weighted by atomic mass is 32.2. The van der Waals surface area contributed by atoms with Crippen molar-refractivity contribution in [1.29, 1.82) is 0 Å². The van der Waals surface area contributed by atoms with Gasteiger partial charge >= 0.3 is 0 Å². The number of fused-ring (bicyclic) bond motifs is 11. The maximum Gasteiger partial charge on any atom is 0.0541 e. The highest BCUT2D eigenvalue weighted by molar-refractivity contribution is 7.99. The average Bonchev–Trinajstić information content (AvgIpc) is 3.70. The molecule has 0 atom stereocenters. The molecule has 2 nitrogen and oxygen atoms in total. The summed E-state index contributed by atoms with van der Waals surface area (Å²) >= 11 is 1.86. The Kier molecular flexibility index (Phi) is 8.69. The average molecular weight is 809 g/mol. The Hall–Kier alpha value is -7.59. The molecule has 11 aromatic rings. The van der Waals surface area contributed by atoms with Gasteiger partial charge in [0.1, 0.15) is 0 Å². The number of rotatable bonds is 5. The Morgan fingerprint density at radius 1 is 0.452 bits per heavy atom. The maximum atomic E-state index is 4.43. The van der Waals surface area contributed by atoms with Crippen LogP contribution in [0.2, 0.25) is 0 Å². The highest BCUT2D eigenvalue weighted by Gasteiger charge is 2.20. The van der Waals surface area contributed by atoms with Gasteiger partial charge in [-0.2, -0.15) is 0 Å². The van der Waals surface area contributed by atoms with Gasteiger partial charge in [-0.25, -0.2) is 0 Å². The Morgan fingerprint density at radius 2 is 1.06 bits per heavy atom. The zero-order chi connectivity index (χ0) is 41.1. The fourth-order valence-corrected chi connectivity index (χ4v) is 10.7. The molecule has 0 unspecified atom stereocenters. The Morgan fingerprint density at radius 3 is 1.85 bits per heavy atom. The van der Waals surface area contributed by atoms with E-state index in [0.29, 0.717) is 0 Å². The Balaban J connectivity index is 0.988. The van der Waals surface area contributed by atoms with Gasteiger partial charge in [0.05, 0.1) is 11.0 Å². The van der Waals surface area contributed by atoms with E-state index in [4.69, 9.17) is 0 Å². The van der Waals surface area contributed by atoms with Crippen LogP contribution in [0.25, 0.3) is 87.3 Å². The number of para-hydroxylation sites is 1. The first-order chi connectivity index (χ1) is 30.7. The highest BCUT2D eigenvalue weighted by Crippen LogP contribution is 2.42. The number of hydrogen-bond acceptors (Lipinski definition) is 2. The van der Waals surface area contributed by atoms with Crippen molar-refractivity contribution in [3.8, 4) is 16.8 Å². The molecule has 2 heterocycles. The first-order valence-electron chi connectivity index (χ1n) is 21.2. The number of hydrogen-bond donors (Lipinski definition) is 0. The minimum atomic E-state index is 0.783. The lowest BCUT2D eigenvalue weighted by Crippen LogP contribution is -2.18. The molecule has 1 aromatic heterocycles. The van der Waals surface area contributed by atoms with Crippen molar-refractivity contribution in [2.45, 2.75) is 4.90 Å². The van der Waals surface area contributed by atoms with Crippen LogP contribution in [0.1, 0.15) is 5.56 Å². The molecule has 0 N–H and O–H groups in total. The molecule has 1 aliphatic rings. The van der Waals surface area contributed by atoms with Crippen LogP contribution in [0, 0.1) is 0 Å². The second-order valence-electron chi connectivity index (χ2n) is 16.1. The number of benzene rings is 10. The summed E-state index contributed by atoms with van der Waals surface area (Å²) in [7, 11) is 0. The molecule has 0 amide bonds. The molecule has 62 heavy (non-hydrogen) atoms. The van der Waals surface area contributed by atoms with Gasteiger partial charge < -0.3 is 9.47 Å². The summed E-state index contributed by atoms with van der Waals surface area (Å²) in [5.41, 5.74) is 11.6. The molecular formula is C59H40N2S. The van der Waals surface area contributed by atoms with Crippen molar-refractivity contribution in [3.05, 3.63) is 236 Å². The van der Waals surface area contributed by atoms with Crippen LogP contribution in [0.3, 0.4) is 0 Å². The van der Waals surface area contributed by atoms with Crippen molar-refractivity contribution in [2.75, 3.05) is 10.7 Å². The molecule has 10 aromatic carbocycles. The molecule has 0 fully saturated rings. The molecule has 1 aliphatic heterocycles.